The summed E-state index contributed by atoms with van der Waals surface area (Å²) in [4.78, 5) is 0. The SMILES string of the molecule is Cc1c(CNCC(C#N)c2ccccc2)cnn1C. The first-order valence-corrected chi connectivity index (χ1v) is 6.35. The first-order chi connectivity index (χ1) is 9.22. The molecule has 0 amide bonds. The molecule has 0 bridgehead atoms. The maximum absolute atomic E-state index is 9.23. The summed E-state index contributed by atoms with van der Waals surface area (Å²) in [7, 11) is 1.93. The summed E-state index contributed by atoms with van der Waals surface area (Å²) in [6.07, 6.45) is 1.87. The highest BCUT2D eigenvalue weighted by Gasteiger charge is 2.10. The van der Waals surface area contributed by atoms with Gasteiger partial charge in [0, 0.05) is 31.4 Å². The van der Waals surface area contributed by atoms with Crippen LogP contribution in [0.2, 0.25) is 0 Å². The van der Waals surface area contributed by atoms with Gasteiger partial charge in [-0.25, -0.2) is 0 Å². The van der Waals surface area contributed by atoms with Crippen LogP contribution in [0.25, 0.3) is 0 Å². The molecule has 0 saturated heterocycles. The van der Waals surface area contributed by atoms with Gasteiger partial charge < -0.3 is 5.32 Å². The fourth-order valence-electron chi connectivity index (χ4n) is 1.99. The molecule has 98 valence electrons. The zero-order valence-electron chi connectivity index (χ0n) is 11.3. The van der Waals surface area contributed by atoms with Crippen molar-refractivity contribution in [3.63, 3.8) is 0 Å². The minimum atomic E-state index is -0.113. The number of aryl methyl sites for hydroxylation is 1. The summed E-state index contributed by atoms with van der Waals surface area (Å²) in [6, 6.07) is 12.2. The number of benzene rings is 1. The fourth-order valence-corrected chi connectivity index (χ4v) is 1.99. The lowest BCUT2D eigenvalue weighted by Gasteiger charge is -2.10. The standard InChI is InChI=1S/C15H18N4/c1-12-15(11-18-19(12)2)10-17-9-14(8-16)13-6-4-3-5-7-13/h3-7,11,14,17H,9-10H2,1-2H3. The van der Waals surface area contributed by atoms with Crippen LogP contribution in [-0.4, -0.2) is 16.3 Å². The van der Waals surface area contributed by atoms with E-state index in [4.69, 9.17) is 0 Å². The molecule has 0 radical (unpaired) electrons. The van der Waals surface area contributed by atoms with Gasteiger partial charge in [-0.1, -0.05) is 30.3 Å². The molecule has 0 saturated carbocycles. The molecule has 2 rings (SSSR count). The highest BCUT2D eigenvalue weighted by molar-refractivity contribution is 5.25. The van der Waals surface area contributed by atoms with Crippen molar-refractivity contribution in [1.82, 2.24) is 15.1 Å². The molecule has 0 aliphatic rings. The number of hydrogen-bond acceptors (Lipinski definition) is 3. The summed E-state index contributed by atoms with van der Waals surface area (Å²) in [5, 5.41) is 16.8. The highest BCUT2D eigenvalue weighted by Crippen LogP contribution is 2.13. The Balaban J connectivity index is 1.91. The average Bonchev–Trinajstić information content (AvgIpc) is 2.76. The number of nitrogens with one attached hydrogen (secondary N) is 1. The van der Waals surface area contributed by atoms with Crippen LogP contribution in [0, 0.1) is 18.3 Å². The second kappa shape index (κ2) is 6.17. The molecule has 1 atom stereocenters. The molecule has 1 aromatic carbocycles. The van der Waals surface area contributed by atoms with E-state index >= 15 is 0 Å². The van der Waals surface area contributed by atoms with E-state index in [1.54, 1.807) is 0 Å². The minimum absolute atomic E-state index is 0.113. The zero-order valence-corrected chi connectivity index (χ0v) is 11.3. The minimum Gasteiger partial charge on any atom is -0.311 e. The second-order valence-electron chi connectivity index (χ2n) is 4.60. The molecule has 2 aromatic rings. The summed E-state index contributed by atoms with van der Waals surface area (Å²) in [5.74, 6) is -0.113. The number of aromatic nitrogens is 2. The Kier molecular flexibility index (Phi) is 4.32. The van der Waals surface area contributed by atoms with Gasteiger partial charge in [0.2, 0.25) is 0 Å². The molecular weight excluding hydrogens is 236 g/mol. The van der Waals surface area contributed by atoms with Gasteiger partial charge in [-0.3, -0.25) is 4.68 Å². The van der Waals surface area contributed by atoms with E-state index in [0.29, 0.717) is 6.54 Å². The van der Waals surface area contributed by atoms with Crippen molar-refractivity contribution >= 4 is 0 Å². The van der Waals surface area contributed by atoms with Crippen LogP contribution in [0.3, 0.4) is 0 Å². The predicted molar refractivity (Wildman–Crippen MR) is 74.4 cm³/mol. The van der Waals surface area contributed by atoms with Crippen LogP contribution in [0.15, 0.2) is 36.5 Å². The number of hydrogen-bond donors (Lipinski definition) is 1. The molecule has 0 aliphatic carbocycles. The van der Waals surface area contributed by atoms with Crippen LogP contribution in [-0.2, 0) is 13.6 Å². The normalized spacial score (nSPS) is 12.1. The Morgan fingerprint density at radius 2 is 2.11 bits per heavy atom. The Bertz CT molecular complexity index is 566. The highest BCUT2D eigenvalue weighted by atomic mass is 15.3. The smallest absolute Gasteiger partial charge is 0.0837 e. The van der Waals surface area contributed by atoms with Crippen molar-refractivity contribution in [2.45, 2.75) is 19.4 Å². The van der Waals surface area contributed by atoms with Gasteiger partial charge in [-0.2, -0.15) is 10.4 Å². The third-order valence-corrected chi connectivity index (χ3v) is 3.36. The van der Waals surface area contributed by atoms with Crippen molar-refractivity contribution in [3.05, 3.63) is 53.3 Å². The molecule has 1 heterocycles. The molecule has 4 heteroatoms. The van der Waals surface area contributed by atoms with Gasteiger partial charge >= 0.3 is 0 Å². The molecular formula is C15H18N4. The number of nitrogens with zero attached hydrogens (tertiary/aromatic N) is 3. The molecule has 1 N–H and O–H groups in total. The molecule has 1 unspecified atom stereocenters. The first-order valence-electron chi connectivity index (χ1n) is 6.35. The maximum Gasteiger partial charge on any atom is 0.0837 e. The molecule has 0 spiro atoms. The topological polar surface area (TPSA) is 53.6 Å². The summed E-state index contributed by atoms with van der Waals surface area (Å²) >= 11 is 0. The number of nitriles is 1. The molecule has 0 aliphatic heterocycles. The van der Waals surface area contributed by atoms with E-state index in [9.17, 15) is 5.26 Å². The summed E-state index contributed by atoms with van der Waals surface area (Å²) in [5.41, 5.74) is 3.38. The van der Waals surface area contributed by atoms with E-state index in [1.807, 2.05) is 55.2 Å². The van der Waals surface area contributed by atoms with Gasteiger partial charge in [-0.15, -0.1) is 0 Å². The van der Waals surface area contributed by atoms with Crippen molar-refractivity contribution in [2.24, 2.45) is 7.05 Å². The van der Waals surface area contributed by atoms with Gasteiger partial charge in [0.15, 0.2) is 0 Å². The van der Waals surface area contributed by atoms with Crippen molar-refractivity contribution in [1.29, 1.82) is 5.26 Å². The van der Waals surface area contributed by atoms with Crippen LogP contribution in [0.1, 0.15) is 22.7 Å². The van der Waals surface area contributed by atoms with E-state index in [-0.39, 0.29) is 5.92 Å². The second-order valence-corrected chi connectivity index (χ2v) is 4.60. The van der Waals surface area contributed by atoms with Crippen LogP contribution >= 0.6 is 0 Å². The molecule has 19 heavy (non-hydrogen) atoms. The van der Waals surface area contributed by atoms with E-state index < -0.39 is 0 Å². The van der Waals surface area contributed by atoms with Gasteiger partial charge in [0.1, 0.15) is 0 Å². The lowest BCUT2D eigenvalue weighted by molar-refractivity contribution is 0.648. The first kappa shape index (κ1) is 13.3. The Morgan fingerprint density at radius 1 is 1.37 bits per heavy atom. The van der Waals surface area contributed by atoms with Crippen LogP contribution in [0.5, 0.6) is 0 Å². The number of rotatable bonds is 5. The van der Waals surface area contributed by atoms with Crippen molar-refractivity contribution < 1.29 is 0 Å². The van der Waals surface area contributed by atoms with Crippen LogP contribution < -0.4 is 5.32 Å². The monoisotopic (exact) mass is 254 g/mol. The predicted octanol–water partition coefficient (Wildman–Crippen LogP) is 2.13. The summed E-state index contributed by atoms with van der Waals surface area (Å²) < 4.78 is 1.86. The summed E-state index contributed by atoms with van der Waals surface area (Å²) in [6.45, 7) is 3.43. The lowest BCUT2D eigenvalue weighted by atomic mass is 10.0. The quantitative estimate of drug-likeness (QED) is 0.889. The van der Waals surface area contributed by atoms with E-state index in [0.717, 1.165) is 17.8 Å². The van der Waals surface area contributed by atoms with Crippen molar-refractivity contribution in [2.75, 3.05) is 6.54 Å². The van der Waals surface area contributed by atoms with Crippen molar-refractivity contribution in [3.8, 4) is 6.07 Å². The fraction of sp³-hybridized carbons (Fsp3) is 0.333. The Labute approximate surface area is 113 Å². The van der Waals surface area contributed by atoms with Crippen LogP contribution in [0.4, 0.5) is 0 Å². The third kappa shape index (κ3) is 3.21. The molecule has 4 nitrogen and oxygen atoms in total. The Morgan fingerprint density at radius 3 is 2.68 bits per heavy atom. The van der Waals surface area contributed by atoms with E-state index in [1.165, 1.54) is 5.56 Å². The Hall–Kier alpha value is -2.12. The third-order valence-electron chi connectivity index (χ3n) is 3.36. The maximum atomic E-state index is 9.23. The average molecular weight is 254 g/mol. The zero-order chi connectivity index (χ0) is 13.7. The molecule has 0 fully saturated rings. The van der Waals surface area contributed by atoms with Gasteiger partial charge in [0.25, 0.3) is 0 Å². The van der Waals surface area contributed by atoms with Gasteiger partial charge in [-0.05, 0) is 12.5 Å². The largest absolute Gasteiger partial charge is 0.311 e. The van der Waals surface area contributed by atoms with E-state index in [2.05, 4.69) is 16.5 Å². The van der Waals surface area contributed by atoms with Gasteiger partial charge in [0.05, 0.1) is 18.2 Å². The molecule has 1 aromatic heterocycles. The lowest BCUT2D eigenvalue weighted by Crippen LogP contribution is -2.20.